The molecular formula is C22H15Br2N3O2S3. The van der Waals surface area contributed by atoms with Gasteiger partial charge in [-0.25, -0.2) is 9.97 Å². The topological polar surface area (TPSA) is 85.9 Å². The van der Waals surface area contributed by atoms with E-state index >= 15 is 0 Å². The van der Waals surface area contributed by atoms with Crippen LogP contribution in [0.3, 0.4) is 0 Å². The molecule has 10 heteroatoms. The Labute approximate surface area is 213 Å². The summed E-state index contributed by atoms with van der Waals surface area (Å²) in [4.78, 5) is 35.8. The third-order valence-electron chi connectivity index (χ3n) is 4.54. The Balaban J connectivity index is 1.63. The molecule has 4 aromatic rings. The summed E-state index contributed by atoms with van der Waals surface area (Å²) in [5.74, 6) is 0.0605. The number of nitrogen functional groups attached to an aromatic ring is 1. The molecule has 0 bridgehead atoms. The van der Waals surface area contributed by atoms with Gasteiger partial charge in [0.15, 0.2) is 10.9 Å². The number of nitrogens with two attached hydrogens (primary N) is 1. The van der Waals surface area contributed by atoms with Crippen LogP contribution < -0.4 is 5.73 Å². The van der Waals surface area contributed by atoms with Gasteiger partial charge in [0.05, 0.1) is 16.8 Å². The second kappa shape index (κ2) is 10.0. The van der Waals surface area contributed by atoms with Crippen molar-refractivity contribution in [1.82, 2.24) is 9.97 Å². The molecule has 0 aliphatic carbocycles. The molecule has 0 radical (unpaired) electrons. The number of thioether (sulfide) groups is 2. The number of fused-ring (bicyclic) bond motifs is 1. The van der Waals surface area contributed by atoms with Crippen LogP contribution in [0.15, 0.2) is 67.7 Å². The number of anilines is 1. The number of carbonyl (C=O) groups is 2. The molecule has 2 aromatic heterocycles. The van der Waals surface area contributed by atoms with Crippen molar-refractivity contribution in [3.05, 3.63) is 73.5 Å². The van der Waals surface area contributed by atoms with E-state index in [1.807, 2.05) is 30.5 Å². The summed E-state index contributed by atoms with van der Waals surface area (Å²) in [6.45, 7) is 0. The molecule has 0 aliphatic rings. The molecule has 0 atom stereocenters. The summed E-state index contributed by atoms with van der Waals surface area (Å²) in [5, 5.41) is 1.86. The van der Waals surface area contributed by atoms with Gasteiger partial charge in [0, 0.05) is 20.1 Å². The lowest BCUT2D eigenvalue weighted by atomic mass is 10.1. The van der Waals surface area contributed by atoms with Gasteiger partial charge in [0.2, 0.25) is 5.78 Å². The predicted molar refractivity (Wildman–Crippen MR) is 140 cm³/mol. The lowest BCUT2D eigenvalue weighted by Crippen LogP contribution is -2.03. The summed E-state index contributed by atoms with van der Waals surface area (Å²) >= 11 is 10.7. The van der Waals surface area contributed by atoms with Gasteiger partial charge < -0.3 is 5.73 Å². The second-order valence-electron chi connectivity index (χ2n) is 6.60. The van der Waals surface area contributed by atoms with E-state index in [9.17, 15) is 9.59 Å². The van der Waals surface area contributed by atoms with E-state index in [0.717, 1.165) is 8.95 Å². The van der Waals surface area contributed by atoms with Crippen LogP contribution in [0.4, 0.5) is 5.69 Å². The van der Waals surface area contributed by atoms with Gasteiger partial charge >= 0.3 is 0 Å². The largest absolute Gasteiger partial charge is 0.397 e. The summed E-state index contributed by atoms with van der Waals surface area (Å²) in [5.41, 5.74) is 7.95. The second-order valence-corrected chi connectivity index (χ2v) is 11.2. The molecule has 2 heterocycles. The molecule has 2 aromatic carbocycles. The fourth-order valence-corrected chi connectivity index (χ4v) is 6.03. The van der Waals surface area contributed by atoms with Gasteiger partial charge in [-0.1, -0.05) is 55.8 Å². The van der Waals surface area contributed by atoms with Crippen molar-refractivity contribution in [2.24, 2.45) is 0 Å². The number of hydrogen-bond acceptors (Lipinski definition) is 8. The zero-order chi connectivity index (χ0) is 22.8. The number of nitrogens with zero attached hydrogens (tertiary/aromatic N) is 2. The smallest absolute Gasteiger partial charge is 0.205 e. The van der Waals surface area contributed by atoms with Gasteiger partial charge in [-0.05, 0) is 42.7 Å². The fourth-order valence-electron chi connectivity index (χ4n) is 2.93. The van der Waals surface area contributed by atoms with Crippen LogP contribution >= 0.6 is 66.7 Å². The normalized spacial score (nSPS) is 11.1. The van der Waals surface area contributed by atoms with Crippen LogP contribution in [-0.4, -0.2) is 33.5 Å². The Kier molecular flexibility index (Phi) is 7.36. The van der Waals surface area contributed by atoms with Gasteiger partial charge in [-0.15, -0.1) is 23.1 Å². The Morgan fingerprint density at radius 2 is 1.56 bits per heavy atom. The minimum atomic E-state index is -0.148. The number of aromatic nitrogens is 2. The molecule has 5 nitrogen and oxygen atoms in total. The van der Waals surface area contributed by atoms with Crippen molar-refractivity contribution in [3.63, 3.8) is 0 Å². The molecule has 0 spiro atoms. The van der Waals surface area contributed by atoms with Gasteiger partial charge in [-0.2, -0.15) is 0 Å². The third-order valence-corrected chi connectivity index (χ3v) is 8.22. The maximum atomic E-state index is 13.0. The molecule has 4 rings (SSSR count). The van der Waals surface area contributed by atoms with Crippen LogP contribution in [0.25, 0.3) is 10.2 Å². The van der Waals surface area contributed by atoms with E-state index in [-0.39, 0.29) is 17.3 Å². The highest BCUT2D eigenvalue weighted by Gasteiger charge is 2.22. The number of Topliss-reactive ketones (excluding diaryl/α,β-unsaturated/α-hetero) is 1. The first kappa shape index (κ1) is 23.4. The van der Waals surface area contributed by atoms with Crippen LogP contribution in [-0.2, 0) is 0 Å². The number of hydrogen-bond donors (Lipinski definition) is 1. The van der Waals surface area contributed by atoms with E-state index in [0.29, 0.717) is 42.1 Å². The molecule has 0 aliphatic heterocycles. The quantitative estimate of drug-likeness (QED) is 0.108. The molecule has 32 heavy (non-hydrogen) atoms. The summed E-state index contributed by atoms with van der Waals surface area (Å²) in [6, 6.07) is 14.4. The maximum absolute atomic E-state index is 13.0. The van der Waals surface area contributed by atoms with Crippen molar-refractivity contribution in [2.45, 2.75) is 10.2 Å². The Bertz CT molecular complexity index is 1320. The number of carbonyl (C=O) groups excluding carboxylic acids is 2. The standard InChI is InChI=1S/C22H15Br2N3O2S3/c1-30-20-16-17(25)19(18(29)12-4-8-14(24)9-5-12)32-21(16)27-22(26-20)31-10-15(28)11-2-6-13(23)7-3-11/h2-9H,10,25H2,1H3. The lowest BCUT2D eigenvalue weighted by molar-refractivity contribution is 0.101. The van der Waals surface area contributed by atoms with E-state index in [4.69, 9.17) is 5.73 Å². The van der Waals surface area contributed by atoms with Crippen LogP contribution in [0.5, 0.6) is 0 Å². The Morgan fingerprint density at radius 1 is 0.969 bits per heavy atom. The first-order valence-corrected chi connectivity index (χ1v) is 13.8. The average molecular weight is 609 g/mol. The predicted octanol–water partition coefficient (Wildman–Crippen LogP) is 6.73. The number of ketones is 2. The minimum Gasteiger partial charge on any atom is -0.397 e. The minimum absolute atomic E-state index is 0.00584. The van der Waals surface area contributed by atoms with E-state index in [1.165, 1.54) is 34.9 Å². The number of rotatable bonds is 7. The molecule has 0 saturated carbocycles. The Hall–Kier alpha value is -1.72. The number of halogens is 2. The van der Waals surface area contributed by atoms with Crippen LogP contribution in [0.2, 0.25) is 0 Å². The molecule has 162 valence electrons. The first-order valence-electron chi connectivity index (χ1n) is 9.23. The SMILES string of the molecule is CSc1nc(SCC(=O)c2ccc(Br)cc2)nc2sc(C(=O)c3ccc(Br)cc3)c(N)c12. The van der Waals surface area contributed by atoms with Crippen LogP contribution in [0.1, 0.15) is 25.6 Å². The van der Waals surface area contributed by atoms with Crippen molar-refractivity contribution in [3.8, 4) is 0 Å². The lowest BCUT2D eigenvalue weighted by Gasteiger charge is -2.05. The highest BCUT2D eigenvalue weighted by molar-refractivity contribution is 9.10. The highest BCUT2D eigenvalue weighted by Crippen LogP contribution is 2.39. The third kappa shape index (κ3) is 4.94. The van der Waals surface area contributed by atoms with E-state index < -0.39 is 0 Å². The van der Waals surface area contributed by atoms with Crippen molar-refractivity contribution in [1.29, 1.82) is 0 Å². The van der Waals surface area contributed by atoms with E-state index in [2.05, 4.69) is 41.8 Å². The molecule has 0 fully saturated rings. The zero-order valence-corrected chi connectivity index (χ0v) is 22.2. The summed E-state index contributed by atoms with van der Waals surface area (Å²) in [6.07, 6.45) is 1.90. The molecule has 2 N–H and O–H groups in total. The molecular weight excluding hydrogens is 594 g/mol. The summed E-state index contributed by atoms with van der Waals surface area (Å²) in [7, 11) is 0. The highest BCUT2D eigenvalue weighted by atomic mass is 79.9. The van der Waals surface area contributed by atoms with Crippen molar-refractivity contribution >= 4 is 94.2 Å². The fraction of sp³-hybridized carbons (Fsp3) is 0.0909. The average Bonchev–Trinajstić information content (AvgIpc) is 3.13. The first-order chi connectivity index (χ1) is 15.4. The van der Waals surface area contributed by atoms with Gasteiger partial charge in [0.1, 0.15) is 14.7 Å². The number of thiophene rings is 1. The zero-order valence-electron chi connectivity index (χ0n) is 16.6. The molecule has 0 unspecified atom stereocenters. The van der Waals surface area contributed by atoms with Crippen LogP contribution in [0, 0.1) is 0 Å². The maximum Gasteiger partial charge on any atom is 0.205 e. The summed E-state index contributed by atoms with van der Waals surface area (Å²) < 4.78 is 1.82. The van der Waals surface area contributed by atoms with Gasteiger partial charge in [0.25, 0.3) is 0 Å². The Morgan fingerprint density at radius 3 is 2.16 bits per heavy atom. The monoisotopic (exact) mass is 607 g/mol. The van der Waals surface area contributed by atoms with Gasteiger partial charge in [-0.3, -0.25) is 9.59 Å². The molecule has 0 saturated heterocycles. The molecule has 0 amide bonds. The van der Waals surface area contributed by atoms with E-state index in [1.54, 1.807) is 24.3 Å². The van der Waals surface area contributed by atoms with Crippen molar-refractivity contribution in [2.75, 3.05) is 17.7 Å². The number of benzene rings is 2. The van der Waals surface area contributed by atoms with Crippen molar-refractivity contribution < 1.29 is 9.59 Å².